The van der Waals surface area contributed by atoms with Crippen LogP contribution in [0.2, 0.25) is 0 Å². The standard InChI is InChI=1S/C6H5.C4H4N.Ti/c1-2-4-6-5-3-1;1-2-4-5-3-1;/h1-5H;1-3,5H;. The molecule has 1 N–H and O–H groups in total. The van der Waals surface area contributed by atoms with Crippen LogP contribution < -0.4 is 7.87 Å². The molecule has 0 amide bonds. The van der Waals surface area contributed by atoms with Gasteiger partial charge >= 0.3 is 80.7 Å². The van der Waals surface area contributed by atoms with E-state index in [1.807, 2.05) is 6.20 Å². The Bertz CT molecular complexity index is 326. The maximum absolute atomic E-state index is 3.24. The van der Waals surface area contributed by atoms with Gasteiger partial charge in [-0.15, -0.1) is 0 Å². The van der Waals surface area contributed by atoms with E-state index >= 15 is 0 Å². The van der Waals surface area contributed by atoms with Crippen molar-refractivity contribution in [3.8, 4) is 0 Å². The fraction of sp³-hybridized carbons (Fsp3) is 0. The van der Waals surface area contributed by atoms with Crippen LogP contribution in [-0.4, -0.2) is 4.98 Å². The van der Waals surface area contributed by atoms with Crippen LogP contribution in [0.25, 0.3) is 0 Å². The molecule has 12 heavy (non-hydrogen) atoms. The van der Waals surface area contributed by atoms with Crippen molar-refractivity contribution >= 4 is 7.87 Å². The molecule has 0 aliphatic rings. The van der Waals surface area contributed by atoms with E-state index in [0.29, 0.717) is 0 Å². The van der Waals surface area contributed by atoms with Crippen LogP contribution in [0.5, 0.6) is 0 Å². The molecule has 2 rings (SSSR count). The van der Waals surface area contributed by atoms with Crippen molar-refractivity contribution in [3.63, 3.8) is 0 Å². The molecule has 2 heteroatoms. The SMILES string of the molecule is c1cc[c]([Ti][c]2ccc[nH]2)cc1. The van der Waals surface area contributed by atoms with Gasteiger partial charge in [0.25, 0.3) is 0 Å². The van der Waals surface area contributed by atoms with Gasteiger partial charge in [-0.25, -0.2) is 0 Å². The fourth-order valence-corrected chi connectivity index (χ4v) is 2.65. The summed E-state index contributed by atoms with van der Waals surface area (Å²) >= 11 is -0.123. The number of rotatable bonds is 2. The number of H-pyrrole nitrogens is 1. The van der Waals surface area contributed by atoms with E-state index in [-0.39, 0.29) is 19.2 Å². The summed E-state index contributed by atoms with van der Waals surface area (Å²) in [4.78, 5) is 3.24. The van der Waals surface area contributed by atoms with Crippen LogP contribution in [0.4, 0.5) is 0 Å². The van der Waals surface area contributed by atoms with Crippen LogP contribution in [0.3, 0.4) is 0 Å². The van der Waals surface area contributed by atoms with Gasteiger partial charge in [0.15, 0.2) is 0 Å². The van der Waals surface area contributed by atoms with Gasteiger partial charge < -0.3 is 0 Å². The summed E-state index contributed by atoms with van der Waals surface area (Å²) in [5.41, 5.74) is 0. The van der Waals surface area contributed by atoms with Crippen molar-refractivity contribution < 1.29 is 19.2 Å². The molecule has 0 saturated heterocycles. The molecule has 2 aromatic rings. The van der Waals surface area contributed by atoms with Gasteiger partial charge in [-0.1, -0.05) is 0 Å². The van der Waals surface area contributed by atoms with E-state index in [9.17, 15) is 0 Å². The van der Waals surface area contributed by atoms with Crippen molar-refractivity contribution in [1.29, 1.82) is 0 Å². The molecule has 1 aromatic heterocycles. The summed E-state index contributed by atoms with van der Waals surface area (Å²) < 4.78 is 2.86. The number of hydrogen-bond donors (Lipinski definition) is 1. The minimum absolute atomic E-state index is 0.123. The summed E-state index contributed by atoms with van der Waals surface area (Å²) in [7, 11) is 0. The molecule has 0 aliphatic heterocycles. The van der Waals surface area contributed by atoms with Gasteiger partial charge in [0.2, 0.25) is 0 Å². The predicted molar refractivity (Wildman–Crippen MR) is 46.5 cm³/mol. The molecule has 0 bridgehead atoms. The van der Waals surface area contributed by atoms with Gasteiger partial charge in [-0.3, -0.25) is 0 Å². The minimum atomic E-state index is -0.123. The molecule has 1 nitrogen and oxygen atoms in total. The summed E-state index contributed by atoms with van der Waals surface area (Å²) in [5, 5.41) is 0. The zero-order chi connectivity index (χ0) is 8.23. The molecule has 1 heterocycles. The van der Waals surface area contributed by atoms with E-state index in [4.69, 9.17) is 0 Å². The fourth-order valence-electron chi connectivity index (χ4n) is 1.09. The number of benzene rings is 1. The third-order valence-corrected chi connectivity index (χ3v) is 3.53. The molecule has 0 atom stereocenters. The van der Waals surface area contributed by atoms with Gasteiger partial charge in [-0.2, -0.15) is 0 Å². The first-order chi connectivity index (χ1) is 5.95. The van der Waals surface area contributed by atoms with E-state index in [1.165, 1.54) is 7.87 Å². The molecule has 0 fully saturated rings. The van der Waals surface area contributed by atoms with Crippen molar-refractivity contribution in [3.05, 3.63) is 48.7 Å². The second-order valence-corrected chi connectivity index (χ2v) is 4.71. The van der Waals surface area contributed by atoms with E-state index in [1.54, 1.807) is 0 Å². The average molecular weight is 191 g/mol. The summed E-state index contributed by atoms with van der Waals surface area (Å²) in [6, 6.07) is 14.9. The zero-order valence-electron chi connectivity index (χ0n) is 6.62. The van der Waals surface area contributed by atoms with Crippen molar-refractivity contribution in [2.45, 2.75) is 0 Å². The number of nitrogens with one attached hydrogen (secondary N) is 1. The Morgan fingerprint density at radius 3 is 2.42 bits per heavy atom. The zero-order valence-corrected chi connectivity index (χ0v) is 8.18. The topological polar surface area (TPSA) is 15.8 Å². The second-order valence-electron chi connectivity index (χ2n) is 2.57. The Morgan fingerprint density at radius 1 is 0.917 bits per heavy atom. The van der Waals surface area contributed by atoms with E-state index in [2.05, 4.69) is 47.4 Å². The number of aromatic nitrogens is 1. The molecular weight excluding hydrogens is 182 g/mol. The summed E-state index contributed by atoms with van der Waals surface area (Å²) in [6.45, 7) is 0. The van der Waals surface area contributed by atoms with Crippen LogP contribution >= 0.6 is 0 Å². The third kappa shape index (κ3) is 1.87. The van der Waals surface area contributed by atoms with Crippen LogP contribution in [0, 0.1) is 0 Å². The Labute approximate surface area is 80.7 Å². The first-order valence-corrected chi connectivity index (χ1v) is 5.47. The van der Waals surface area contributed by atoms with E-state index < -0.39 is 0 Å². The molecule has 1 aromatic carbocycles. The van der Waals surface area contributed by atoms with E-state index in [0.717, 1.165) is 0 Å². The molecule has 0 unspecified atom stereocenters. The first kappa shape index (κ1) is 7.84. The Balaban J connectivity index is 2.15. The first-order valence-electron chi connectivity index (χ1n) is 3.90. The quantitative estimate of drug-likeness (QED) is 0.683. The molecule has 0 spiro atoms. The van der Waals surface area contributed by atoms with Gasteiger partial charge in [0, 0.05) is 0 Å². The van der Waals surface area contributed by atoms with Gasteiger partial charge in [-0.05, 0) is 0 Å². The number of hydrogen-bond acceptors (Lipinski definition) is 0. The Morgan fingerprint density at radius 2 is 1.75 bits per heavy atom. The molecular formula is C10H9NTi. The predicted octanol–water partition coefficient (Wildman–Crippen LogP) is 1.05. The third-order valence-electron chi connectivity index (χ3n) is 1.65. The van der Waals surface area contributed by atoms with Crippen LogP contribution in [0.1, 0.15) is 0 Å². The van der Waals surface area contributed by atoms with Crippen LogP contribution in [0.15, 0.2) is 48.7 Å². The van der Waals surface area contributed by atoms with Gasteiger partial charge in [0.1, 0.15) is 0 Å². The van der Waals surface area contributed by atoms with Gasteiger partial charge in [0.05, 0.1) is 0 Å². The Hall–Kier alpha value is -0.786. The molecule has 0 saturated carbocycles. The molecule has 58 valence electrons. The summed E-state index contributed by atoms with van der Waals surface area (Å²) in [6.07, 6.45) is 1.99. The van der Waals surface area contributed by atoms with Crippen LogP contribution in [-0.2, 0) is 19.2 Å². The second kappa shape index (κ2) is 3.75. The van der Waals surface area contributed by atoms with Crippen molar-refractivity contribution in [2.75, 3.05) is 0 Å². The average Bonchev–Trinajstić information content (AvgIpc) is 2.59. The normalized spacial score (nSPS) is 9.67. The molecule has 0 radical (unpaired) electrons. The number of aromatic amines is 1. The maximum atomic E-state index is 3.24. The Kier molecular flexibility index (Phi) is 2.45. The van der Waals surface area contributed by atoms with Crippen molar-refractivity contribution in [1.82, 2.24) is 4.98 Å². The van der Waals surface area contributed by atoms with Crippen molar-refractivity contribution in [2.24, 2.45) is 0 Å². The summed E-state index contributed by atoms with van der Waals surface area (Å²) in [5.74, 6) is 0. The molecule has 0 aliphatic carbocycles. The monoisotopic (exact) mass is 191 g/mol.